The molecule has 0 bridgehead atoms. The van der Waals surface area contributed by atoms with Crippen LogP contribution in [0.15, 0.2) is 48.5 Å². The molecule has 0 fully saturated rings. The lowest BCUT2D eigenvalue weighted by Crippen LogP contribution is -2.15. The van der Waals surface area contributed by atoms with Gasteiger partial charge in [-0.15, -0.1) is 0 Å². The third-order valence-corrected chi connectivity index (χ3v) is 4.35. The van der Waals surface area contributed by atoms with Crippen LogP contribution in [-0.4, -0.2) is 28.3 Å². The normalized spacial score (nSPS) is 16.3. The number of nitrogens with zero attached hydrogens (tertiary/aromatic N) is 1. The van der Waals surface area contributed by atoms with E-state index in [9.17, 15) is 14.7 Å². The Hall–Kier alpha value is -3.21. The fraction of sp³-hybridized carbons (Fsp3) is 0.150. The Morgan fingerprint density at radius 2 is 1.80 bits per heavy atom. The predicted molar refractivity (Wildman–Crippen MR) is 92.4 cm³/mol. The second kappa shape index (κ2) is 5.70. The fourth-order valence-electron chi connectivity index (χ4n) is 3.24. The molecule has 0 amide bonds. The van der Waals surface area contributed by atoms with Gasteiger partial charge in [-0.1, -0.05) is 12.1 Å². The molecule has 3 aromatic rings. The number of hydrogen-bond donors (Lipinski definition) is 1. The molecular weight excluding hydrogens is 318 g/mol. The summed E-state index contributed by atoms with van der Waals surface area (Å²) in [5.41, 5.74) is 1.60. The van der Waals surface area contributed by atoms with Crippen molar-refractivity contribution in [3.8, 4) is 11.5 Å². The number of Topliss-reactive ketones (excluding diaryl/α,β-unsaturated/α-hetero) is 2. The molecule has 1 N–H and O–H groups in total. The van der Waals surface area contributed by atoms with Crippen molar-refractivity contribution in [1.29, 1.82) is 0 Å². The molecule has 124 valence electrons. The number of ether oxygens (including phenoxy) is 1. The van der Waals surface area contributed by atoms with Crippen LogP contribution in [0.2, 0.25) is 0 Å². The summed E-state index contributed by atoms with van der Waals surface area (Å²) >= 11 is 0. The molecule has 1 unspecified atom stereocenters. The topological polar surface area (TPSA) is 76.5 Å². The maximum atomic E-state index is 12.8. The van der Waals surface area contributed by atoms with E-state index in [2.05, 4.69) is 4.98 Å². The molecule has 1 aliphatic carbocycles. The van der Waals surface area contributed by atoms with Gasteiger partial charge in [0.05, 0.1) is 17.8 Å². The van der Waals surface area contributed by atoms with E-state index in [0.29, 0.717) is 29.1 Å². The third kappa shape index (κ3) is 2.36. The van der Waals surface area contributed by atoms with Gasteiger partial charge in [0.2, 0.25) is 0 Å². The molecule has 5 heteroatoms. The van der Waals surface area contributed by atoms with E-state index < -0.39 is 5.92 Å². The SMILES string of the molecule is CCOc1cc(C2C(=O)c3ccc(O)cc3C2=O)nc2ccccc12. The molecule has 25 heavy (non-hydrogen) atoms. The van der Waals surface area contributed by atoms with Crippen molar-refractivity contribution < 1.29 is 19.4 Å². The zero-order chi connectivity index (χ0) is 17.6. The van der Waals surface area contributed by atoms with Crippen molar-refractivity contribution in [3.05, 3.63) is 65.4 Å². The Balaban J connectivity index is 1.88. The maximum absolute atomic E-state index is 12.8. The molecule has 5 nitrogen and oxygen atoms in total. The summed E-state index contributed by atoms with van der Waals surface area (Å²) < 4.78 is 5.68. The van der Waals surface area contributed by atoms with Crippen molar-refractivity contribution in [1.82, 2.24) is 4.98 Å². The van der Waals surface area contributed by atoms with Crippen molar-refractivity contribution >= 4 is 22.5 Å². The Labute approximate surface area is 143 Å². The Morgan fingerprint density at radius 1 is 1.04 bits per heavy atom. The molecule has 1 atom stereocenters. The van der Waals surface area contributed by atoms with Gasteiger partial charge in [0.25, 0.3) is 0 Å². The first-order chi connectivity index (χ1) is 12.1. The quantitative estimate of drug-likeness (QED) is 0.742. The summed E-state index contributed by atoms with van der Waals surface area (Å²) in [7, 11) is 0. The number of carbonyl (C=O) groups excluding carboxylic acids is 2. The second-order valence-corrected chi connectivity index (χ2v) is 5.89. The van der Waals surface area contributed by atoms with Crippen molar-refractivity contribution in [3.63, 3.8) is 0 Å². The van der Waals surface area contributed by atoms with Gasteiger partial charge in [0.1, 0.15) is 17.4 Å². The minimum absolute atomic E-state index is 0.0398. The molecule has 1 aliphatic rings. The number of phenolic OH excluding ortho intramolecular Hbond substituents is 1. The summed E-state index contributed by atoms with van der Waals surface area (Å²) in [6, 6.07) is 13.3. The number of carbonyl (C=O) groups is 2. The molecule has 0 saturated heterocycles. The average molecular weight is 333 g/mol. The fourth-order valence-corrected chi connectivity index (χ4v) is 3.24. The van der Waals surface area contributed by atoms with Crippen molar-refractivity contribution in [2.45, 2.75) is 12.8 Å². The van der Waals surface area contributed by atoms with Crippen molar-refractivity contribution in [2.24, 2.45) is 0 Å². The summed E-state index contributed by atoms with van der Waals surface area (Å²) in [6.07, 6.45) is 0. The second-order valence-electron chi connectivity index (χ2n) is 5.89. The van der Waals surface area contributed by atoms with Gasteiger partial charge in [0, 0.05) is 22.6 Å². The maximum Gasteiger partial charge on any atom is 0.180 e. The lowest BCUT2D eigenvalue weighted by Gasteiger charge is -2.12. The minimum atomic E-state index is -0.999. The van der Waals surface area contributed by atoms with Crippen LogP contribution in [0.4, 0.5) is 0 Å². The van der Waals surface area contributed by atoms with E-state index in [1.807, 2.05) is 31.2 Å². The third-order valence-electron chi connectivity index (χ3n) is 4.35. The van der Waals surface area contributed by atoms with Gasteiger partial charge >= 0.3 is 0 Å². The van der Waals surface area contributed by atoms with Crippen LogP contribution in [0.1, 0.15) is 39.3 Å². The minimum Gasteiger partial charge on any atom is -0.508 e. The van der Waals surface area contributed by atoms with Crippen LogP contribution in [-0.2, 0) is 0 Å². The van der Waals surface area contributed by atoms with Crippen LogP contribution in [0.5, 0.6) is 11.5 Å². The number of hydrogen-bond acceptors (Lipinski definition) is 5. The highest BCUT2D eigenvalue weighted by molar-refractivity contribution is 6.29. The number of benzene rings is 2. The van der Waals surface area contributed by atoms with Gasteiger partial charge in [0.15, 0.2) is 11.6 Å². The van der Waals surface area contributed by atoms with Crippen molar-refractivity contribution in [2.75, 3.05) is 6.61 Å². The van der Waals surface area contributed by atoms with Crippen LogP contribution < -0.4 is 4.74 Å². The van der Waals surface area contributed by atoms with Crippen LogP contribution in [0, 0.1) is 0 Å². The zero-order valence-corrected chi connectivity index (χ0v) is 13.5. The van der Waals surface area contributed by atoms with Gasteiger partial charge in [-0.25, -0.2) is 0 Å². The molecule has 4 rings (SSSR count). The largest absolute Gasteiger partial charge is 0.508 e. The van der Waals surface area contributed by atoms with E-state index in [1.165, 1.54) is 18.2 Å². The van der Waals surface area contributed by atoms with Gasteiger partial charge in [-0.05, 0) is 37.3 Å². The highest BCUT2D eigenvalue weighted by atomic mass is 16.5. The molecule has 0 radical (unpaired) electrons. The summed E-state index contributed by atoms with van der Waals surface area (Å²) in [5.74, 6) is -1.09. The number of pyridine rings is 1. The summed E-state index contributed by atoms with van der Waals surface area (Å²) in [5, 5.41) is 10.4. The molecule has 0 spiro atoms. The van der Waals surface area contributed by atoms with E-state index in [0.717, 1.165) is 5.39 Å². The summed E-state index contributed by atoms with van der Waals surface area (Å²) in [6.45, 7) is 2.34. The van der Waals surface area contributed by atoms with E-state index in [-0.39, 0.29) is 22.9 Å². The first kappa shape index (κ1) is 15.3. The van der Waals surface area contributed by atoms with E-state index in [4.69, 9.17) is 4.74 Å². The van der Waals surface area contributed by atoms with Crippen LogP contribution >= 0.6 is 0 Å². The highest BCUT2D eigenvalue weighted by Gasteiger charge is 2.41. The smallest absolute Gasteiger partial charge is 0.180 e. The molecule has 1 heterocycles. The number of para-hydroxylation sites is 1. The van der Waals surface area contributed by atoms with E-state index in [1.54, 1.807) is 6.07 Å². The zero-order valence-electron chi connectivity index (χ0n) is 13.5. The number of fused-ring (bicyclic) bond motifs is 2. The lowest BCUT2D eigenvalue weighted by atomic mass is 9.98. The van der Waals surface area contributed by atoms with Gasteiger partial charge in [-0.2, -0.15) is 0 Å². The Bertz CT molecular complexity index is 1030. The van der Waals surface area contributed by atoms with Crippen LogP contribution in [0.25, 0.3) is 10.9 Å². The number of ketones is 2. The van der Waals surface area contributed by atoms with E-state index >= 15 is 0 Å². The number of aromatic hydroxyl groups is 1. The Morgan fingerprint density at radius 3 is 2.60 bits per heavy atom. The molecule has 0 saturated carbocycles. The molecule has 0 aliphatic heterocycles. The van der Waals surface area contributed by atoms with Gasteiger partial charge in [-0.3, -0.25) is 14.6 Å². The average Bonchev–Trinajstić information content (AvgIpc) is 2.85. The molecule has 2 aromatic carbocycles. The predicted octanol–water partition coefficient (Wildman–Crippen LogP) is 3.50. The van der Waals surface area contributed by atoms with Crippen LogP contribution in [0.3, 0.4) is 0 Å². The monoisotopic (exact) mass is 333 g/mol. The number of phenols is 1. The first-order valence-electron chi connectivity index (χ1n) is 8.04. The lowest BCUT2D eigenvalue weighted by molar-refractivity contribution is 0.0888. The molecular formula is C20H15NO4. The molecule has 1 aromatic heterocycles. The first-order valence-corrected chi connectivity index (χ1v) is 8.04. The highest BCUT2D eigenvalue weighted by Crippen LogP contribution is 2.37. The number of aromatic nitrogens is 1. The summed E-state index contributed by atoms with van der Waals surface area (Å²) in [4.78, 5) is 30.0. The number of rotatable bonds is 3. The Kier molecular flexibility index (Phi) is 3.50. The standard InChI is InChI=1S/C20H15NO4/c1-2-25-17-10-16(21-15-6-4-3-5-13(15)17)18-19(23)12-8-7-11(22)9-14(12)20(18)24/h3-10,18,22H,2H2,1H3. The van der Waals surface area contributed by atoms with Gasteiger partial charge < -0.3 is 9.84 Å².